The van der Waals surface area contributed by atoms with Crippen LogP contribution in [-0.2, 0) is 10.8 Å². The van der Waals surface area contributed by atoms with E-state index in [4.69, 9.17) is 19.7 Å². The van der Waals surface area contributed by atoms with Crippen molar-refractivity contribution in [1.82, 2.24) is 19.5 Å². The first-order valence-electron chi connectivity index (χ1n) is 23.0. The van der Waals surface area contributed by atoms with Crippen molar-refractivity contribution in [2.75, 3.05) is 0 Å². The number of aromatic nitrogens is 4. The lowest BCUT2D eigenvalue weighted by atomic mass is 9.66. The predicted molar refractivity (Wildman–Crippen MR) is 272 cm³/mol. The van der Waals surface area contributed by atoms with E-state index in [0.717, 1.165) is 50.5 Å². The minimum atomic E-state index is -0.621. The van der Waals surface area contributed by atoms with Crippen molar-refractivity contribution in [3.8, 4) is 67.9 Å². The van der Waals surface area contributed by atoms with Gasteiger partial charge in [0, 0.05) is 44.1 Å². The summed E-state index contributed by atoms with van der Waals surface area (Å²) >= 11 is 0. The van der Waals surface area contributed by atoms with E-state index in [0.29, 0.717) is 17.5 Å². The van der Waals surface area contributed by atoms with Crippen molar-refractivity contribution in [1.29, 1.82) is 0 Å². The maximum atomic E-state index is 6.64. The first-order valence-corrected chi connectivity index (χ1v) is 23.0. The normalized spacial score (nSPS) is 16.2. The topological polar surface area (TPSA) is 52.8 Å². The zero-order valence-electron chi connectivity index (χ0n) is 37.5. The molecule has 0 radical (unpaired) electrons. The number of nitrogens with zero attached hydrogens (tertiary/aromatic N) is 4. The molecule has 0 amide bonds. The third-order valence-electron chi connectivity index (χ3n) is 14.5. The van der Waals surface area contributed by atoms with Crippen LogP contribution >= 0.6 is 0 Å². The summed E-state index contributed by atoms with van der Waals surface area (Å²) in [6.45, 7) is 10.8. The molecular formula is C62H44N4O. The van der Waals surface area contributed by atoms with Crippen molar-refractivity contribution < 1.29 is 4.74 Å². The van der Waals surface area contributed by atoms with Crippen LogP contribution in [-0.4, -0.2) is 19.5 Å². The largest absolute Gasteiger partial charge is 0.457 e. The molecule has 5 nitrogen and oxygen atoms in total. The molecule has 1 unspecified atom stereocenters. The number of hydrogen-bond acceptors (Lipinski definition) is 4. The quantitative estimate of drug-likeness (QED) is 0.156. The number of hydrogen-bond donors (Lipinski definition) is 0. The van der Waals surface area contributed by atoms with Gasteiger partial charge in [-0.1, -0.05) is 172 Å². The Morgan fingerprint density at radius 3 is 1.91 bits per heavy atom. The zero-order valence-corrected chi connectivity index (χ0v) is 37.5. The van der Waals surface area contributed by atoms with Crippen molar-refractivity contribution in [2.45, 2.75) is 31.6 Å². The smallest absolute Gasteiger partial charge is 0.164 e. The van der Waals surface area contributed by atoms with E-state index < -0.39 is 5.41 Å². The minimum Gasteiger partial charge on any atom is -0.457 e. The van der Waals surface area contributed by atoms with Gasteiger partial charge < -0.3 is 9.30 Å². The van der Waals surface area contributed by atoms with E-state index in [-0.39, 0.29) is 5.41 Å². The molecule has 13 rings (SSSR count). The van der Waals surface area contributed by atoms with Gasteiger partial charge >= 0.3 is 0 Å². The Morgan fingerprint density at radius 2 is 1.12 bits per heavy atom. The molecule has 8 aromatic carbocycles. The highest BCUT2D eigenvalue weighted by Gasteiger charge is 2.50. The highest BCUT2D eigenvalue weighted by molar-refractivity contribution is 6.11. The highest BCUT2D eigenvalue weighted by Crippen LogP contribution is 2.61. The monoisotopic (exact) mass is 860 g/mol. The van der Waals surface area contributed by atoms with Crippen LogP contribution < -0.4 is 4.74 Å². The third-order valence-corrected chi connectivity index (χ3v) is 14.5. The van der Waals surface area contributed by atoms with Gasteiger partial charge in [0.05, 0.1) is 16.4 Å². The maximum Gasteiger partial charge on any atom is 0.164 e. The van der Waals surface area contributed by atoms with Crippen LogP contribution in [0.3, 0.4) is 0 Å². The molecule has 67 heavy (non-hydrogen) atoms. The molecule has 0 saturated heterocycles. The number of allylic oxidation sites excluding steroid dienone is 4. The molecular weight excluding hydrogens is 817 g/mol. The summed E-state index contributed by atoms with van der Waals surface area (Å²) < 4.78 is 9.05. The van der Waals surface area contributed by atoms with Crippen LogP contribution in [0.25, 0.3) is 83.9 Å². The maximum absolute atomic E-state index is 6.64. The third kappa shape index (κ3) is 5.58. The van der Waals surface area contributed by atoms with E-state index >= 15 is 0 Å². The van der Waals surface area contributed by atoms with Crippen LogP contribution in [0, 0.1) is 0 Å². The molecule has 2 aliphatic carbocycles. The first-order chi connectivity index (χ1) is 32.8. The molecule has 3 aliphatic rings. The summed E-state index contributed by atoms with van der Waals surface area (Å²) in [5.41, 5.74) is 17.7. The summed E-state index contributed by atoms with van der Waals surface area (Å²) in [5.74, 6) is 3.46. The zero-order chi connectivity index (χ0) is 45.0. The van der Waals surface area contributed by atoms with Crippen molar-refractivity contribution >= 4 is 21.8 Å². The number of rotatable bonds is 6. The van der Waals surface area contributed by atoms with Crippen molar-refractivity contribution in [3.63, 3.8) is 0 Å². The van der Waals surface area contributed by atoms with Gasteiger partial charge in [-0.05, 0) is 106 Å². The Labute approximate surface area is 389 Å². The fourth-order valence-electron chi connectivity index (χ4n) is 11.5. The second-order valence-corrected chi connectivity index (χ2v) is 18.4. The molecule has 0 saturated carbocycles. The molecule has 1 aliphatic heterocycles. The summed E-state index contributed by atoms with van der Waals surface area (Å²) in [4.78, 5) is 15.9. The Balaban J connectivity index is 1.01. The Bertz CT molecular complexity index is 3800. The molecule has 5 heteroatoms. The van der Waals surface area contributed by atoms with Crippen LogP contribution in [0.4, 0.5) is 0 Å². The summed E-state index contributed by atoms with van der Waals surface area (Å²) in [6, 6.07) is 65.2. The molecule has 318 valence electrons. The van der Waals surface area contributed by atoms with Crippen LogP contribution in [0.5, 0.6) is 5.75 Å². The van der Waals surface area contributed by atoms with Gasteiger partial charge in [-0.15, -0.1) is 0 Å². The Morgan fingerprint density at radius 1 is 0.493 bits per heavy atom. The first kappa shape index (κ1) is 39.0. The Kier molecular flexibility index (Phi) is 8.47. The van der Waals surface area contributed by atoms with E-state index in [1.54, 1.807) is 6.08 Å². The van der Waals surface area contributed by atoms with Crippen molar-refractivity contribution in [2.24, 2.45) is 0 Å². The summed E-state index contributed by atoms with van der Waals surface area (Å²) in [6.07, 6.45) is 5.75. The van der Waals surface area contributed by atoms with Crippen LogP contribution in [0.2, 0.25) is 0 Å². The fourth-order valence-corrected chi connectivity index (χ4v) is 11.5. The van der Waals surface area contributed by atoms with Gasteiger partial charge in [-0.25, -0.2) is 15.0 Å². The van der Waals surface area contributed by atoms with Gasteiger partial charge in [-0.2, -0.15) is 0 Å². The molecule has 1 atom stereocenters. The average molecular weight is 861 g/mol. The number of ether oxygens (including phenoxy) is 1. The van der Waals surface area contributed by atoms with Gasteiger partial charge in [-0.3, -0.25) is 0 Å². The van der Waals surface area contributed by atoms with E-state index in [2.05, 4.69) is 190 Å². The lowest BCUT2D eigenvalue weighted by molar-refractivity contribution is 0.399. The average Bonchev–Trinajstić information content (AvgIpc) is 3.94. The SMILES string of the molecule is C=C/C=C\C1=C(C)C2(c3ccccc3O1)c1ccccc1-c1ccc(-c3nc(-c4ccccc4)nc(-c4cccc(-n5c6ccccc6c6cc7c(cc65)C(C)(C)c5ccccc5-7)c4)n3)cc12. The standard InChI is InChI=1S/C62H44N4O/c1-5-6-30-56-38(2)62(51-28-15-17-31-57(51)67-56)50-27-14-11-23-43(50)45-33-32-41(35-53(45)62)60-64-58(39-19-8-7-9-20-39)63-59(65-60)40-21-18-22-42(34-40)66-54-29-16-12-25-46(54)48-36-47-44-24-10-13-26-49(44)61(3,4)52(47)37-55(48)66/h5-37H,1H2,2-4H3/b30-6-. The number of para-hydroxylation sites is 2. The van der Waals surface area contributed by atoms with Gasteiger partial charge in [0.15, 0.2) is 17.5 Å². The number of fused-ring (bicyclic) bond motifs is 13. The van der Waals surface area contributed by atoms with Crippen LogP contribution in [0.15, 0.2) is 218 Å². The second kappa shape index (κ2) is 14.5. The summed E-state index contributed by atoms with van der Waals surface area (Å²) in [7, 11) is 0. The molecule has 3 heterocycles. The highest BCUT2D eigenvalue weighted by atomic mass is 16.5. The second-order valence-electron chi connectivity index (χ2n) is 18.4. The minimum absolute atomic E-state index is 0.133. The molecule has 10 aromatic rings. The molecule has 0 bridgehead atoms. The predicted octanol–water partition coefficient (Wildman–Crippen LogP) is 15.0. The number of benzene rings is 8. The van der Waals surface area contributed by atoms with Crippen molar-refractivity contribution in [3.05, 3.63) is 246 Å². The fraction of sp³-hybridized carbons (Fsp3) is 0.0806. The van der Waals surface area contributed by atoms with E-state index in [9.17, 15) is 0 Å². The van der Waals surface area contributed by atoms with Gasteiger partial charge in [0.25, 0.3) is 0 Å². The summed E-state index contributed by atoms with van der Waals surface area (Å²) in [5, 5.41) is 2.46. The van der Waals surface area contributed by atoms with Crippen LogP contribution in [0.1, 0.15) is 48.6 Å². The van der Waals surface area contributed by atoms with Gasteiger partial charge in [0.2, 0.25) is 0 Å². The molecule has 0 N–H and O–H groups in total. The molecule has 2 aromatic heterocycles. The Hall–Kier alpha value is -8.41. The van der Waals surface area contributed by atoms with Gasteiger partial charge in [0.1, 0.15) is 11.5 Å². The lowest BCUT2D eigenvalue weighted by Crippen LogP contribution is -2.33. The molecule has 1 spiro atoms. The molecule has 0 fully saturated rings. The lowest BCUT2D eigenvalue weighted by Gasteiger charge is -2.39. The van der Waals surface area contributed by atoms with E-state index in [1.165, 1.54) is 60.8 Å². The van der Waals surface area contributed by atoms with E-state index in [1.807, 2.05) is 36.4 Å².